The Balaban J connectivity index is 2.22. The molecule has 0 aliphatic heterocycles. The predicted octanol–water partition coefficient (Wildman–Crippen LogP) is 1.96. The Bertz CT molecular complexity index is 383. The molecule has 22 heavy (non-hydrogen) atoms. The van der Waals surface area contributed by atoms with Gasteiger partial charge in [0.15, 0.2) is 0 Å². The second-order valence-electron chi connectivity index (χ2n) is 5.74. The summed E-state index contributed by atoms with van der Waals surface area (Å²) in [7, 11) is 1.37. The minimum atomic E-state index is -0.340. The molecule has 1 fully saturated rings. The lowest BCUT2D eigenvalue weighted by Gasteiger charge is -2.29. The number of unbranched alkanes of at least 4 members (excludes halogenated alkanes) is 2. The summed E-state index contributed by atoms with van der Waals surface area (Å²) in [5.74, 6) is -0.888. The van der Waals surface area contributed by atoms with E-state index in [2.05, 4.69) is 5.32 Å². The normalized spacial score (nSPS) is 21.0. The summed E-state index contributed by atoms with van der Waals surface area (Å²) >= 11 is 0. The summed E-state index contributed by atoms with van der Waals surface area (Å²) in [6, 6.07) is 0. The maximum atomic E-state index is 11.9. The van der Waals surface area contributed by atoms with Crippen LogP contribution in [0.15, 0.2) is 0 Å². The third-order valence-electron chi connectivity index (χ3n) is 3.92. The van der Waals surface area contributed by atoms with Crippen molar-refractivity contribution in [1.29, 1.82) is 0 Å². The van der Waals surface area contributed by atoms with Crippen LogP contribution in [0.3, 0.4) is 0 Å². The number of ether oxygens (including phenoxy) is 2. The second-order valence-corrected chi connectivity index (χ2v) is 5.74. The number of hydrogen-bond acceptors (Lipinski definition) is 5. The monoisotopic (exact) mass is 313 g/mol. The van der Waals surface area contributed by atoms with E-state index in [1.165, 1.54) is 14.0 Å². The third kappa shape index (κ3) is 6.91. The molecule has 0 bridgehead atoms. The largest absolute Gasteiger partial charge is 0.469 e. The van der Waals surface area contributed by atoms with Crippen LogP contribution in [0.1, 0.15) is 58.3 Å². The molecule has 6 nitrogen and oxygen atoms in total. The van der Waals surface area contributed by atoms with E-state index in [0.29, 0.717) is 13.0 Å². The Morgan fingerprint density at radius 2 is 1.82 bits per heavy atom. The smallest absolute Gasteiger partial charge is 0.312 e. The molecule has 0 saturated heterocycles. The number of nitrogens with one attached hydrogen (secondary N) is 1. The molecule has 1 saturated carbocycles. The maximum absolute atomic E-state index is 11.9. The van der Waals surface area contributed by atoms with Crippen LogP contribution in [0.2, 0.25) is 0 Å². The Hall–Kier alpha value is -1.59. The van der Waals surface area contributed by atoms with Gasteiger partial charge in [-0.3, -0.25) is 14.4 Å². The zero-order valence-corrected chi connectivity index (χ0v) is 13.6. The molecule has 1 rings (SSSR count). The molecular weight excluding hydrogens is 286 g/mol. The van der Waals surface area contributed by atoms with Crippen molar-refractivity contribution in [3.8, 4) is 0 Å². The lowest BCUT2D eigenvalue weighted by atomic mass is 9.86. The van der Waals surface area contributed by atoms with E-state index in [4.69, 9.17) is 9.47 Å². The Labute approximate surface area is 131 Å². The van der Waals surface area contributed by atoms with Gasteiger partial charge in [-0.15, -0.1) is 0 Å². The van der Waals surface area contributed by atoms with Crippen molar-refractivity contribution in [3.05, 3.63) is 0 Å². The highest BCUT2D eigenvalue weighted by atomic mass is 16.6. The van der Waals surface area contributed by atoms with Crippen LogP contribution in [-0.2, 0) is 23.9 Å². The number of rotatable bonds is 8. The number of esters is 2. The molecule has 0 aromatic heterocycles. The summed E-state index contributed by atoms with van der Waals surface area (Å²) in [4.78, 5) is 34.3. The van der Waals surface area contributed by atoms with Crippen molar-refractivity contribution in [2.75, 3.05) is 13.7 Å². The first-order valence-corrected chi connectivity index (χ1v) is 8.06. The molecular formula is C16H27NO5. The first-order valence-electron chi connectivity index (χ1n) is 8.06. The van der Waals surface area contributed by atoms with Gasteiger partial charge in [-0.05, 0) is 32.1 Å². The van der Waals surface area contributed by atoms with Crippen LogP contribution in [-0.4, -0.2) is 37.6 Å². The molecule has 1 aliphatic carbocycles. The number of carbonyl (C=O) groups is 3. The molecule has 6 heteroatoms. The van der Waals surface area contributed by atoms with E-state index in [9.17, 15) is 14.4 Å². The minimum absolute atomic E-state index is 0.0365. The van der Waals surface area contributed by atoms with Gasteiger partial charge in [-0.25, -0.2) is 0 Å². The number of amides is 1. The number of hydrogen-bond donors (Lipinski definition) is 1. The number of carbonyl (C=O) groups excluding carboxylic acids is 3. The van der Waals surface area contributed by atoms with E-state index >= 15 is 0 Å². The molecule has 0 radical (unpaired) electrons. The molecule has 126 valence electrons. The average Bonchev–Trinajstić information content (AvgIpc) is 2.50. The van der Waals surface area contributed by atoms with Crippen LogP contribution in [0.5, 0.6) is 0 Å². The Morgan fingerprint density at radius 3 is 2.50 bits per heavy atom. The lowest BCUT2D eigenvalue weighted by molar-refractivity contribution is -0.163. The SMILES string of the molecule is COC(=O)C1CCCCC1OC(=O)CCCCCNC(C)=O. The molecule has 1 amide bonds. The lowest BCUT2D eigenvalue weighted by Crippen LogP contribution is -2.35. The van der Waals surface area contributed by atoms with Gasteiger partial charge < -0.3 is 14.8 Å². The fraction of sp³-hybridized carbons (Fsp3) is 0.812. The van der Waals surface area contributed by atoms with Crippen molar-refractivity contribution in [3.63, 3.8) is 0 Å². The number of methoxy groups -OCH3 is 1. The zero-order valence-electron chi connectivity index (χ0n) is 13.6. The standard InChI is InChI=1S/C16H27NO5/c1-12(18)17-11-7-3-4-10-15(19)22-14-9-6-5-8-13(14)16(20)21-2/h13-14H,3-11H2,1-2H3,(H,17,18). The van der Waals surface area contributed by atoms with Gasteiger partial charge in [0.1, 0.15) is 6.10 Å². The van der Waals surface area contributed by atoms with Crippen molar-refractivity contribution in [2.24, 2.45) is 5.92 Å². The van der Waals surface area contributed by atoms with E-state index in [-0.39, 0.29) is 29.9 Å². The van der Waals surface area contributed by atoms with Gasteiger partial charge in [0, 0.05) is 19.9 Å². The van der Waals surface area contributed by atoms with Crippen LogP contribution >= 0.6 is 0 Å². The highest BCUT2D eigenvalue weighted by Crippen LogP contribution is 2.28. The van der Waals surface area contributed by atoms with Gasteiger partial charge in [0.2, 0.25) is 5.91 Å². The van der Waals surface area contributed by atoms with Crippen LogP contribution in [0, 0.1) is 5.92 Å². The zero-order chi connectivity index (χ0) is 16.4. The van der Waals surface area contributed by atoms with Gasteiger partial charge in [0.25, 0.3) is 0 Å². The van der Waals surface area contributed by atoms with E-state index in [1.54, 1.807) is 0 Å². The highest BCUT2D eigenvalue weighted by Gasteiger charge is 2.34. The first-order chi connectivity index (χ1) is 10.5. The van der Waals surface area contributed by atoms with Crippen LogP contribution in [0.25, 0.3) is 0 Å². The van der Waals surface area contributed by atoms with Gasteiger partial charge in [-0.2, -0.15) is 0 Å². The van der Waals surface area contributed by atoms with E-state index in [0.717, 1.165) is 44.9 Å². The molecule has 1 aliphatic rings. The third-order valence-corrected chi connectivity index (χ3v) is 3.92. The molecule has 2 atom stereocenters. The van der Waals surface area contributed by atoms with Crippen molar-refractivity contribution < 1.29 is 23.9 Å². The van der Waals surface area contributed by atoms with Crippen molar-refractivity contribution >= 4 is 17.8 Å². The van der Waals surface area contributed by atoms with E-state index in [1.807, 2.05) is 0 Å². The summed E-state index contributed by atoms with van der Waals surface area (Å²) in [6.07, 6.45) is 5.85. The molecule has 0 spiro atoms. The Kier molecular flexibility index (Phi) is 8.55. The fourth-order valence-electron chi connectivity index (χ4n) is 2.72. The van der Waals surface area contributed by atoms with Crippen molar-refractivity contribution in [1.82, 2.24) is 5.32 Å². The molecule has 0 aromatic carbocycles. The fourth-order valence-corrected chi connectivity index (χ4v) is 2.72. The van der Waals surface area contributed by atoms with Gasteiger partial charge in [0.05, 0.1) is 13.0 Å². The topological polar surface area (TPSA) is 81.7 Å². The highest BCUT2D eigenvalue weighted by molar-refractivity contribution is 5.74. The predicted molar refractivity (Wildman–Crippen MR) is 81.0 cm³/mol. The quantitative estimate of drug-likeness (QED) is 0.547. The Morgan fingerprint density at radius 1 is 1.09 bits per heavy atom. The van der Waals surface area contributed by atoms with Crippen molar-refractivity contribution in [2.45, 2.75) is 64.4 Å². The molecule has 1 N–H and O–H groups in total. The first kappa shape index (κ1) is 18.5. The van der Waals surface area contributed by atoms with Gasteiger partial charge in [-0.1, -0.05) is 12.8 Å². The summed E-state index contributed by atoms with van der Waals surface area (Å²) < 4.78 is 10.2. The molecule has 0 heterocycles. The van der Waals surface area contributed by atoms with Crippen LogP contribution < -0.4 is 5.32 Å². The molecule has 2 unspecified atom stereocenters. The summed E-state index contributed by atoms with van der Waals surface area (Å²) in [6.45, 7) is 2.12. The summed E-state index contributed by atoms with van der Waals surface area (Å²) in [5, 5.41) is 2.72. The minimum Gasteiger partial charge on any atom is -0.469 e. The van der Waals surface area contributed by atoms with Gasteiger partial charge >= 0.3 is 11.9 Å². The average molecular weight is 313 g/mol. The second kappa shape index (κ2) is 10.2. The summed E-state index contributed by atoms with van der Waals surface area (Å²) in [5.41, 5.74) is 0. The molecule has 0 aromatic rings. The van der Waals surface area contributed by atoms with Crippen LogP contribution in [0.4, 0.5) is 0 Å². The maximum Gasteiger partial charge on any atom is 0.312 e. The van der Waals surface area contributed by atoms with E-state index < -0.39 is 0 Å².